The first-order chi connectivity index (χ1) is 15.6. The summed E-state index contributed by atoms with van der Waals surface area (Å²) in [5.74, 6) is -4.92. The number of allylic oxidation sites excluding steroid dienone is 1. The molecule has 0 bridgehead atoms. The zero-order valence-corrected chi connectivity index (χ0v) is 19.1. The molecular formula is C21H30N2O10. The molecule has 1 saturated carbocycles. The fraction of sp³-hybridized carbons (Fsp3) is 0.619. The smallest absolute Gasteiger partial charge is 0.328 e. The van der Waals surface area contributed by atoms with Crippen molar-refractivity contribution in [1.82, 2.24) is 10.6 Å². The first-order valence-corrected chi connectivity index (χ1v) is 10.1. The van der Waals surface area contributed by atoms with Crippen molar-refractivity contribution in [1.29, 1.82) is 0 Å². The van der Waals surface area contributed by atoms with E-state index in [-0.39, 0.29) is 32.1 Å². The van der Waals surface area contributed by atoms with Crippen molar-refractivity contribution in [2.75, 3.05) is 28.4 Å². The Morgan fingerprint density at radius 2 is 1.21 bits per heavy atom. The second kappa shape index (κ2) is 12.6. The Hall–Kier alpha value is -3.44. The molecule has 184 valence electrons. The van der Waals surface area contributed by atoms with E-state index in [0.717, 1.165) is 14.2 Å². The third-order valence-electron chi connectivity index (χ3n) is 5.42. The van der Waals surface area contributed by atoms with Crippen molar-refractivity contribution in [2.24, 2.45) is 11.3 Å². The van der Waals surface area contributed by atoms with E-state index in [1.165, 1.54) is 20.3 Å². The molecule has 12 nitrogen and oxygen atoms in total. The van der Waals surface area contributed by atoms with Gasteiger partial charge in [-0.1, -0.05) is 6.08 Å². The van der Waals surface area contributed by atoms with E-state index >= 15 is 0 Å². The maximum Gasteiger partial charge on any atom is 0.328 e. The first kappa shape index (κ1) is 27.6. The van der Waals surface area contributed by atoms with Gasteiger partial charge in [-0.3, -0.25) is 19.2 Å². The van der Waals surface area contributed by atoms with Gasteiger partial charge in [-0.25, -0.2) is 9.59 Å². The molecule has 1 fully saturated rings. The van der Waals surface area contributed by atoms with Gasteiger partial charge in [0.2, 0.25) is 11.8 Å². The fourth-order valence-corrected chi connectivity index (χ4v) is 3.28. The van der Waals surface area contributed by atoms with Crippen molar-refractivity contribution in [2.45, 2.75) is 44.2 Å². The lowest BCUT2D eigenvalue weighted by molar-refractivity contribution is -0.150. The fourth-order valence-electron chi connectivity index (χ4n) is 3.28. The number of hydrogen-bond acceptors (Lipinski definition) is 10. The lowest BCUT2D eigenvalue weighted by Gasteiger charge is -2.23. The molecule has 0 aromatic heterocycles. The zero-order valence-electron chi connectivity index (χ0n) is 19.1. The van der Waals surface area contributed by atoms with Gasteiger partial charge in [-0.05, 0) is 19.3 Å². The Labute approximate surface area is 191 Å². The topological polar surface area (TPSA) is 163 Å². The SMILES string of the molecule is C=CC1CC1(C(=O)N[C@@H](CCC(=O)OC)C(=O)OC)C(=O)N[C@@H](CCC(=O)OC)C(=O)OC. The Balaban J connectivity index is 3.02. The van der Waals surface area contributed by atoms with E-state index in [1.807, 2.05) is 0 Å². The Kier molecular flexibility index (Phi) is 10.5. The predicted octanol–water partition coefficient (Wildman–Crippen LogP) is -0.599. The van der Waals surface area contributed by atoms with Crippen molar-refractivity contribution < 1.29 is 47.7 Å². The summed E-state index contributed by atoms with van der Waals surface area (Å²) >= 11 is 0. The maximum absolute atomic E-state index is 13.1. The van der Waals surface area contributed by atoms with E-state index in [1.54, 1.807) is 0 Å². The van der Waals surface area contributed by atoms with Crippen LogP contribution >= 0.6 is 0 Å². The zero-order chi connectivity index (χ0) is 25.2. The monoisotopic (exact) mass is 470 g/mol. The molecule has 1 rings (SSSR count). The molecule has 3 atom stereocenters. The van der Waals surface area contributed by atoms with Crippen molar-refractivity contribution in [3.05, 3.63) is 12.7 Å². The molecule has 0 spiro atoms. The van der Waals surface area contributed by atoms with Crippen molar-refractivity contribution in [3.63, 3.8) is 0 Å². The third-order valence-corrected chi connectivity index (χ3v) is 5.42. The van der Waals surface area contributed by atoms with Crippen LogP contribution in [0.2, 0.25) is 0 Å². The van der Waals surface area contributed by atoms with E-state index in [2.05, 4.69) is 36.2 Å². The summed E-state index contributed by atoms with van der Waals surface area (Å²) in [5.41, 5.74) is -1.63. The molecule has 0 aromatic carbocycles. The minimum absolute atomic E-state index is 0.0873. The molecule has 2 amide bonds. The number of carbonyl (C=O) groups is 6. The molecule has 12 heteroatoms. The van der Waals surface area contributed by atoms with Crippen LogP contribution in [-0.4, -0.2) is 76.2 Å². The second-order valence-corrected chi connectivity index (χ2v) is 7.35. The Morgan fingerprint density at radius 3 is 1.48 bits per heavy atom. The van der Waals surface area contributed by atoms with Gasteiger partial charge in [0.1, 0.15) is 17.5 Å². The molecule has 1 unspecified atom stereocenters. The highest BCUT2D eigenvalue weighted by Gasteiger charge is 2.65. The van der Waals surface area contributed by atoms with Crippen molar-refractivity contribution in [3.8, 4) is 0 Å². The van der Waals surface area contributed by atoms with Gasteiger partial charge in [-0.15, -0.1) is 6.58 Å². The molecule has 1 aliphatic carbocycles. The van der Waals surface area contributed by atoms with E-state index < -0.39 is 59.1 Å². The Bertz CT molecular complexity index is 740. The number of rotatable bonds is 13. The van der Waals surface area contributed by atoms with Gasteiger partial charge < -0.3 is 29.6 Å². The van der Waals surface area contributed by atoms with E-state index in [0.29, 0.717) is 0 Å². The number of amides is 2. The molecular weight excluding hydrogens is 440 g/mol. The number of nitrogens with one attached hydrogen (secondary N) is 2. The molecule has 0 saturated heterocycles. The molecule has 0 aromatic rings. The molecule has 0 radical (unpaired) electrons. The average Bonchev–Trinajstić information content (AvgIpc) is 3.58. The normalized spacial score (nSPS) is 17.4. The standard InChI is InChI=1S/C21H30N2O10/c1-6-12-11-21(12,19(28)22-13(17(26)32-4)7-9-15(24)30-2)20(29)23-14(18(27)33-5)8-10-16(25)31-3/h6,12-14H,1,7-11H2,2-5H3,(H,22,28)(H,23,29)/t12?,13-,14-/m0/s1. The lowest BCUT2D eigenvalue weighted by atomic mass is 9.98. The molecule has 0 aliphatic heterocycles. The van der Waals surface area contributed by atoms with Crippen LogP contribution in [0.1, 0.15) is 32.1 Å². The van der Waals surface area contributed by atoms with Gasteiger partial charge >= 0.3 is 23.9 Å². The summed E-state index contributed by atoms with van der Waals surface area (Å²) in [5, 5.41) is 4.90. The summed E-state index contributed by atoms with van der Waals surface area (Å²) in [4.78, 5) is 73.2. The third kappa shape index (κ3) is 7.02. The van der Waals surface area contributed by atoms with Gasteiger partial charge in [-0.2, -0.15) is 0 Å². The van der Waals surface area contributed by atoms with Crippen molar-refractivity contribution >= 4 is 35.7 Å². The van der Waals surface area contributed by atoms with Crippen LogP contribution in [0.25, 0.3) is 0 Å². The number of hydrogen-bond donors (Lipinski definition) is 2. The quantitative estimate of drug-likeness (QED) is 0.154. The van der Waals surface area contributed by atoms with Crippen LogP contribution in [0.4, 0.5) is 0 Å². The molecule has 1 aliphatic rings. The van der Waals surface area contributed by atoms with E-state index in [4.69, 9.17) is 0 Å². The highest BCUT2D eigenvalue weighted by Crippen LogP contribution is 2.54. The van der Waals surface area contributed by atoms with E-state index in [9.17, 15) is 28.8 Å². The highest BCUT2D eigenvalue weighted by atomic mass is 16.5. The Morgan fingerprint density at radius 1 is 0.818 bits per heavy atom. The van der Waals surface area contributed by atoms with Crippen LogP contribution in [-0.2, 0) is 47.7 Å². The van der Waals surface area contributed by atoms with Crippen LogP contribution in [0.15, 0.2) is 12.7 Å². The lowest BCUT2D eigenvalue weighted by Crippen LogP contribution is -2.53. The van der Waals surface area contributed by atoms with Gasteiger partial charge in [0.25, 0.3) is 0 Å². The van der Waals surface area contributed by atoms with Crippen LogP contribution < -0.4 is 10.6 Å². The molecule has 2 N–H and O–H groups in total. The molecule has 33 heavy (non-hydrogen) atoms. The predicted molar refractivity (Wildman–Crippen MR) is 111 cm³/mol. The number of ether oxygens (including phenoxy) is 4. The minimum Gasteiger partial charge on any atom is -0.469 e. The summed E-state index contributed by atoms with van der Waals surface area (Å²) in [6.07, 6.45) is 0.959. The van der Waals surface area contributed by atoms with Gasteiger partial charge in [0, 0.05) is 18.8 Å². The summed E-state index contributed by atoms with van der Waals surface area (Å²) in [7, 11) is 4.61. The average molecular weight is 470 g/mol. The summed E-state index contributed by atoms with van der Waals surface area (Å²) < 4.78 is 18.4. The number of esters is 4. The highest BCUT2D eigenvalue weighted by molar-refractivity contribution is 6.10. The van der Waals surface area contributed by atoms with Gasteiger partial charge in [0.15, 0.2) is 0 Å². The largest absolute Gasteiger partial charge is 0.469 e. The molecule has 0 heterocycles. The van der Waals surface area contributed by atoms with Gasteiger partial charge in [0.05, 0.1) is 28.4 Å². The second-order valence-electron chi connectivity index (χ2n) is 7.35. The first-order valence-electron chi connectivity index (χ1n) is 10.1. The number of methoxy groups -OCH3 is 4. The maximum atomic E-state index is 13.1. The van der Waals surface area contributed by atoms with Crippen LogP contribution in [0.5, 0.6) is 0 Å². The summed E-state index contributed by atoms with van der Waals surface area (Å²) in [6, 6.07) is -2.40. The minimum atomic E-state index is -1.63. The number of carbonyl (C=O) groups excluding carboxylic acids is 6. The summed E-state index contributed by atoms with van der Waals surface area (Å²) in [6.45, 7) is 3.62. The van der Waals surface area contributed by atoms with Crippen LogP contribution in [0, 0.1) is 11.3 Å². The van der Waals surface area contributed by atoms with Crippen LogP contribution in [0.3, 0.4) is 0 Å².